The van der Waals surface area contributed by atoms with Crippen molar-refractivity contribution in [2.75, 3.05) is 19.8 Å². The van der Waals surface area contributed by atoms with E-state index in [1.54, 1.807) is 0 Å². The fourth-order valence-electron chi connectivity index (χ4n) is 0.988. The van der Waals surface area contributed by atoms with Crippen LogP contribution >= 0.6 is 0 Å². The lowest BCUT2D eigenvalue weighted by Crippen LogP contribution is -2.05. The third-order valence-electron chi connectivity index (χ3n) is 1.60. The fourth-order valence-corrected chi connectivity index (χ4v) is 0.988. The summed E-state index contributed by atoms with van der Waals surface area (Å²) in [5.41, 5.74) is 0.617. The Hall–Kier alpha value is -0.830. The third-order valence-corrected chi connectivity index (χ3v) is 1.60. The summed E-state index contributed by atoms with van der Waals surface area (Å²) in [5, 5.41) is 0. The van der Waals surface area contributed by atoms with Crippen LogP contribution in [0.3, 0.4) is 0 Å². The van der Waals surface area contributed by atoms with Gasteiger partial charge in [0, 0.05) is 13.0 Å². The minimum Gasteiger partial charge on any atom is -0.498 e. The second-order valence-corrected chi connectivity index (χ2v) is 2.49. The van der Waals surface area contributed by atoms with Gasteiger partial charge in [0.1, 0.15) is 5.76 Å². The van der Waals surface area contributed by atoms with Gasteiger partial charge in [-0.05, 0) is 13.8 Å². The summed E-state index contributed by atoms with van der Waals surface area (Å²) in [6, 6.07) is 0. The molecule has 0 aliphatic rings. The Morgan fingerprint density at radius 2 is 1.92 bits per heavy atom. The van der Waals surface area contributed by atoms with Gasteiger partial charge in [-0.25, -0.2) is 0 Å². The first kappa shape index (κ1) is 12.2. The van der Waals surface area contributed by atoms with Crippen molar-refractivity contribution < 1.29 is 14.3 Å². The number of carbonyl (C=O) groups excluding carboxylic acids is 1. The Morgan fingerprint density at radius 3 is 2.31 bits per heavy atom. The highest BCUT2D eigenvalue weighted by Gasteiger charge is 2.04. The monoisotopic (exact) mass is 186 g/mol. The second-order valence-electron chi connectivity index (χ2n) is 2.49. The van der Waals surface area contributed by atoms with Crippen LogP contribution < -0.4 is 0 Å². The van der Waals surface area contributed by atoms with Gasteiger partial charge in [0.25, 0.3) is 0 Å². The molecule has 0 unspecified atom stereocenters. The number of hydrogen-bond donors (Lipinski definition) is 0. The molecule has 0 heterocycles. The van der Waals surface area contributed by atoms with E-state index in [1.807, 2.05) is 20.8 Å². The van der Waals surface area contributed by atoms with Crippen LogP contribution in [0.4, 0.5) is 0 Å². The highest BCUT2D eigenvalue weighted by Crippen LogP contribution is 2.09. The lowest BCUT2D eigenvalue weighted by Gasteiger charge is -2.09. The molecular formula is C10H18O3. The van der Waals surface area contributed by atoms with E-state index < -0.39 is 0 Å². The van der Waals surface area contributed by atoms with Gasteiger partial charge in [-0.3, -0.25) is 4.79 Å². The first-order valence-corrected chi connectivity index (χ1v) is 4.67. The summed E-state index contributed by atoms with van der Waals surface area (Å²) in [4.78, 5) is 10.7. The Morgan fingerprint density at radius 1 is 1.23 bits per heavy atom. The first-order chi connectivity index (χ1) is 6.29. The molecule has 0 saturated heterocycles. The molecule has 0 rings (SSSR count). The van der Waals surface area contributed by atoms with Crippen LogP contribution in [-0.4, -0.2) is 26.1 Å². The number of aldehydes is 1. The van der Waals surface area contributed by atoms with Gasteiger partial charge in [0.15, 0.2) is 6.29 Å². The summed E-state index contributed by atoms with van der Waals surface area (Å²) < 4.78 is 10.5. The number of hydrogen-bond acceptors (Lipinski definition) is 3. The number of allylic oxidation sites excluding steroid dienone is 1. The largest absolute Gasteiger partial charge is 0.498 e. The molecule has 0 aliphatic carbocycles. The predicted molar refractivity (Wildman–Crippen MR) is 51.5 cm³/mol. The standard InChI is InChI=1S/C10H18O3/c1-4-10(13-6-3)9(7-11)8-12-5-2/h7H,4-6,8H2,1-3H3. The van der Waals surface area contributed by atoms with E-state index in [1.165, 1.54) is 0 Å². The molecule has 3 nitrogen and oxygen atoms in total. The van der Waals surface area contributed by atoms with Crippen LogP contribution in [0, 0.1) is 0 Å². The SMILES string of the molecule is CCOCC(C=O)=C(CC)OCC. The summed E-state index contributed by atoms with van der Waals surface area (Å²) >= 11 is 0. The molecule has 13 heavy (non-hydrogen) atoms. The Kier molecular flexibility index (Phi) is 7.30. The smallest absolute Gasteiger partial charge is 0.151 e. The van der Waals surface area contributed by atoms with Gasteiger partial charge in [-0.15, -0.1) is 0 Å². The van der Waals surface area contributed by atoms with Crippen LogP contribution in [-0.2, 0) is 14.3 Å². The van der Waals surface area contributed by atoms with Crippen molar-refractivity contribution in [3.8, 4) is 0 Å². The Labute approximate surface area is 79.7 Å². The van der Waals surface area contributed by atoms with E-state index in [0.717, 1.165) is 18.5 Å². The molecule has 0 saturated carbocycles. The lowest BCUT2D eigenvalue weighted by molar-refractivity contribution is -0.105. The molecule has 0 aromatic carbocycles. The molecule has 0 fully saturated rings. The molecule has 3 heteroatoms. The quantitative estimate of drug-likeness (QED) is 0.346. The van der Waals surface area contributed by atoms with E-state index in [0.29, 0.717) is 25.4 Å². The summed E-state index contributed by atoms with van der Waals surface area (Å²) in [7, 11) is 0. The van der Waals surface area contributed by atoms with E-state index in [-0.39, 0.29) is 0 Å². The maximum atomic E-state index is 10.7. The summed E-state index contributed by atoms with van der Waals surface area (Å²) in [6.07, 6.45) is 1.54. The molecule has 0 aromatic rings. The average Bonchev–Trinajstić information content (AvgIpc) is 2.17. The molecule has 0 radical (unpaired) electrons. The van der Waals surface area contributed by atoms with Crippen molar-refractivity contribution >= 4 is 6.29 Å². The van der Waals surface area contributed by atoms with E-state index in [4.69, 9.17) is 9.47 Å². The Bertz CT molecular complexity index is 173. The zero-order chi connectivity index (χ0) is 10.1. The van der Waals surface area contributed by atoms with Crippen molar-refractivity contribution in [1.82, 2.24) is 0 Å². The fraction of sp³-hybridized carbons (Fsp3) is 0.700. The van der Waals surface area contributed by atoms with Gasteiger partial charge in [-0.2, -0.15) is 0 Å². The molecule has 0 spiro atoms. The molecule has 0 atom stereocenters. The van der Waals surface area contributed by atoms with Gasteiger partial charge in [-0.1, -0.05) is 6.92 Å². The van der Waals surface area contributed by atoms with Gasteiger partial charge in [0.05, 0.1) is 18.8 Å². The lowest BCUT2D eigenvalue weighted by atomic mass is 10.2. The molecule has 0 bridgehead atoms. The highest BCUT2D eigenvalue weighted by molar-refractivity contribution is 5.74. The van der Waals surface area contributed by atoms with Crippen LogP contribution in [0.5, 0.6) is 0 Å². The molecule has 0 aromatic heterocycles. The maximum absolute atomic E-state index is 10.7. The number of ether oxygens (including phenoxy) is 2. The Balaban J connectivity index is 4.31. The van der Waals surface area contributed by atoms with Crippen molar-refractivity contribution in [2.45, 2.75) is 27.2 Å². The molecule has 0 N–H and O–H groups in total. The molecular weight excluding hydrogens is 168 g/mol. The van der Waals surface area contributed by atoms with Crippen molar-refractivity contribution in [1.29, 1.82) is 0 Å². The molecule has 76 valence electrons. The van der Waals surface area contributed by atoms with E-state index >= 15 is 0 Å². The van der Waals surface area contributed by atoms with Crippen LogP contribution in [0.25, 0.3) is 0 Å². The van der Waals surface area contributed by atoms with E-state index in [2.05, 4.69) is 0 Å². The minimum absolute atomic E-state index is 0.350. The van der Waals surface area contributed by atoms with E-state index in [9.17, 15) is 4.79 Å². The number of rotatable bonds is 7. The molecule has 0 aliphatic heterocycles. The normalized spacial score (nSPS) is 12.2. The van der Waals surface area contributed by atoms with Gasteiger partial charge < -0.3 is 9.47 Å². The summed E-state index contributed by atoms with van der Waals surface area (Å²) in [6.45, 7) is 7.31. The summed E-state index contributed by atoms with van der Waals surface area (Å²) in [5.74, 6) is 0.742. The van der Waals surface area contributed by atoms with Crippen molar-refractivity contribution in [3.63, 3.8) is 0 Å². The average molecular weight is 186 g/mol. The van der Waals surface area contributed by atoms with Crippen molar-refractivity contribution in [3.05, 3.63) is 11.3 Å². The van der Waals surface area contributed by atoms with Crippen LogP contribution in [0.2, 0.25) is 0 Å². The van der Waals surface area contributed by atoms with Crippen LogP contribution in [0.1, 0.15) is 27.2 Å². The highest BCUT2D eigenvalue weighted by atomic mass is 16.5. The van der Waals surface area contributed by atoms with Crippen molar-refractivity contribution in [2.24, 2.45) is 0 Å². The van der Waals surface area contributed by atoms with Crippen LogP contribution in [0.15, 0.2) is 11.3 Å². The van der Waals surface area contributed by atoms with Gasteiger partial charge in [0.2, 0.25) is 0 Å². The minimum atomic E-state index is 0.350. The zero-order valence-corrected chi connectivity index (χ0v) is 8.63. The number of carbonyl (C=O) groups is 1. The third kappa shape index (κ3) is 4.68. The topological polar surface area (TPSA) is 35.5 Å². The maximum Gasteiger partial charge on any atom is 0.151 e. The first-order valence-electron chi connectivity index (χ1n) is 4.67. The zero-order valence-electron chi connectivity index (χ0n) is 8.63. The second kappa shape index (κ2) is 7.80. The van der Waals surface area contributed by atoms with Gasteiger partial charge >= 0.3 is 0 Å². The molecule has 0 amide bonds. The predicted octanol–water partition coefficient (Wildman–Crippen LogP) is 1.92.